The predicted octanol–water partition coefficient (Wildman–Crippen LogP) is 10.0. The Bertz CT molecular complexity index is 1990. The van der Waals surface area contributed by atoms with E-state index in [1.54, 1.807) is 109 Å². The average molecular weight is 765 g/mol. The summed E-state index contributed by atoms with van der Waals surface area (Å²) in [4.78, 5) is 40.5. The van der Waals surface area contributed by atoms with Crippen LogP contribution in [-0.2, 0) is 15.8 Å². The summed E-state index contributed by atoms with van der Waals surface area (Å²) in [5.74, 6) is -1.71. The molecule has 0 heterocycles. The Hall–Kier alpha value is -4.84. The lowest BCUT2D eigenvalue weighted by molar-refractivity contribution is -0.137. The molecule has 3 N–H and O–H groups in total. The van der Waals surface area contributed by atoms with Crippen molar-refractivity contribution in [3.05, 3.63) is 165 Å². The number of alkyl halides is 3. The highest BCUT2D eigenvalue weighted by atomic mass is 79.9. The molecule has 5 rings (SSSR count). The summed E-state index contributed by atoms with van der Waals surface area (Å²) in [6.45, 7) is 0. The van der Waals surface area contributed by atoms with Crippen molar-refractivity contribution < 1.29 is 27.6 Å². The van der Waals surface area contributed by atoms with Crippen LogP contribution in [0.1, 0.15) is 32.3 Å². The summed E-state index contributed by atoms with van der Waals surface area (Å²) in [5.41, 5.74) is 0.560. The zero-order chi connectivity index (χ0) is 35.0. The second kappa shape index (κ2) is 16.0. The average Bonchev–Trinajstić information content (AvgIpc) is 3.08. The fourth-order valence-corrected chi connectivity index (χ4v) is 6.23. The van der Waals surface area contributed by atoms with Gasteiger partial charge >= 0.3 is 6.18 Å². The SMILES string of the molecule is O=C(Nc1ccc(SC(C(=O)Nc2ccc(Cl)cc2C(F)(F)F)c2ccccc2)cc1)/C(=C/c1cccc(Br)c1)NC(=O)c1ccccc1. The van der Waals surface area contributed by atoms with Crippen molar-refractivity contribution in [2.24, 2.45) is 0 Å². The topological polar surface area (TPSA) is 87.3 Å². The standard InChI is InChI=1S/C37H26BrClF3N3O3S/c38-26-13-7-8-23(20-26)21-32(45-34(46)25-11-5-2-6-12-25)35(47)43-28-15-17-29(18-16-28)49-33(24-9-3-1-4-10-24)36(48)44-31-19-14-27(39)22-30(31)37(40,41)42/h1-22,33H,(H,43,47)(H,44,48)(H,45,46)/b32-21-. The number of rotatable bonds is 10. The zero-order valence-electron chi connectivity index (χ0n) is 25.3. The van der Waals surface area contributed by atoms with E-state index in [-0.39, 0.29) is 10.7 Å². The molecule has 0 saturated carbocycles. The third-order valence-electron chi connectivity index (χ3n) is 6.94. The van der Waals surface area contributed by atoms with Crippen molar-refractivity contribution >= 4 is 74.5 Å². The number of anilines is 2. The quantitative estimate of drug-likeness (QED) is 0.0977. The second-order valence-electron chi connectivity index (χ2n) is 10.5. The molecule has 0 radical (unpaired) electrons. The van der Waals surface area contributed by atoms with Crippen molar-refractivity contribution in [2.75, 3.05) is 10.6 Å². The van der Waals surface area contributed by atoms with Gasteiger partial charge in [0.2, 0.25) is 5.91 Å². The minimum absolute atomic E-state index is 0.00615. The maximum absolute atomic E-state index is 13.7. The van der Waals surface area contributed by atoms with Gasteiger partial charge in [-0.3, -0.25) is 14.4 Å². The summed E-state index contributed by atoms with van der Waals surface area (Å²) in [6, 6.07) is 34.1. The summed E-state index contributed by atoms with van der Waals surface area (Å²) < 4.78 is 42.0. The Labute approximate surface area is 297 Å². The molecule has 0 aliphatic rings. The van der Waals surface area contributed by atoms with Gasteiger partial charge in [-0.25, -0.2) is 0 Å². The summed E-state index contributed by atoms with van der Waals surface area (Å²) >= 11 is 10.3. The molecule has 0 aliphatic heterocycles. The molecule has 1 unspecified atom stereocenters. The Morgan fingerprint density at radius 1 is 0.776 bits per heavy atom. The minimum Gasteiger partial charge on any atom is -0.324 e. The molecule has 1 atom stereocenters. The number of benzene rings is 5. The molecular formula is C37H26BrClF3N3O3S. The molecule has 5 aromatic rings. The van der Waals surface area contributed by atoms with Crippen molar-refractivity contribution in [1.29, 1.82) is 0 Å². The number of carbonyl (C=O) groups excluding carboxylic acids is 3. The molecule has 3 amide bonds. The normalized spacial score (nSPS) is 12.1. The highest BCUT2D eigenvalue weighted by molar-refractivity contribution is 9.10. The molecule has 0 saturated heterocycles. The Morgan fingerprint density at radius 3 is 2.10 bits per heavy atom. The molecular weight excluding hydrogens is 739 g/mol. The van der Waals surface area contributed by atoms with Gasteiger partial charge < -0.3 is 16.0 Å². The van der Waals surface area contributed by atoms with Crippen LogP contribution in [-0.4, -0.2) is 17.7 Å². The first-order valence-corrected chi connectivity index (χ1v) is 16.7. The van der Waals surface area contributed by atoms with Crippen LogP contribution >= 0.6 is 39.3 Å². The fourth-order valence-electron chi connectivity index (χ4n) is 4.62. The van der Waals surface area contributed by atoms with E-state index < -0.39 is 40.4 Å². The monoisotopic (exact) mass is 763 g/mol. The Morgan fingerprint density at radius 2 is 1.45 bits per heavy atom. The number of halogens is 5. The third kappa shape index (κ3) is 9.85. The van der Waals surface area contributed by atoms with Crippen LogP contribution < -0.4 is 16.0 Å². The first-order valence-electron chi connectivity index (χ1n) is 14.6. The zero-order valence-corrected chi connectivity index (χ0v) is 28.5. The number of carbonyl (C=O) groups is 3. The van der Waals surface area contributed by atoms with Gasteiger partial charge in [-0.05, 0) is 83.9 Å². The number of hydrogen-bond acceptors (Lipinski definition) is 4. The molecule has 0 aromatic heterocycles. The van der Waals surface area contributed by atoms with Crippen LogP contribution in [0.2, 0.25) is 5.02 Å². The summed E-state index contributed by atoms with van der Waals surface area (Å²) in [7, 11) is 0. The van der Waals surface area contributed by atoms with E-state index in [2.05, 4.69) is 31.9 Å². The molecule has 0 spiro atoms. The van der Waals surface area contributed by atoms with Crippen molar-refractivity contribution in [3.8, 4) is 0 Å². The van der Waals surface area contributed by atoms with E-state index in [9.17, 15) is 27.6 Å². The molecule has 6 nitrogen and oxygen atoms in total. The first kappa shape index (κ1) is 35.5. The number of thioether (sulfide) groups is 1. The van der Waals surface area contributed by atoms with E-state index in [4.69, 9.17) is 11.6 Å². The molecule has 5 aromatic carbocycles. The first-order chi connectivity index (χ1) is 23.5. The van der Waals surface area contributed by atoms with E-state index in [1.165, 1.54) is 6.07 Å². The van der Waals surface area contributed by atoms with Crippen LogP contribution in [0.3, 0.4) is 0 Å². The molecule has 49 heavy (non-hydrogen) atoms. The van der Waals surface area contributed by atoms with E-state index >= 15 is 0 Å². The maximum Gasteiger partial charge on any atom is 0.418 e. The van der Waals surface area contributed by atoms with Crippen molar-refractivity contribution in [3.63, 3.8) is 0 Å². The number of nitrogens with one attached hydrogen (secondary N) is 3. The Balaban J connectivity index is 1.35. The molecule has 0 aliphatic carbocycles. The summed E-state index contributed by atoms with van der Waals surface area (Å²) in [6.07, 6.45) is -3.18. The van der Waals surface area contributed by atoms with Gasteiger partial charge in [0.1, 0.15) is 10.9 Å². The van der Waals surface area contributed by atoms with Gasteiger partial charge in [-0.2, -0.15) is 13.2 Å². The van der Waals surface area contributed by atoms with E-state index in [0.29, 0.717) is 27.3 Å². The molecule has 248 valence electrons. The molecule has 0 fully saturated rings. The highest BCUT2D eigenvalue weighted by Crippen LogP contribution is 2.40. The van der Waals surface area contributed by atoms with E-state index in [1.807, 2.05) is 6.07 Å². The van der Waals surface area contributed by atoms with Gasteiger partial charge in [-0.1, -0.05) is 88.2 Å². The van der Waals surface area contributed by atoms with Gasteiger partial charge in [0.25, 0.3) is 11.8 Å². The summed E-state index contributed by atoms with van der Waals surface area (Å²) in [5, 5.41) is 6.87. The third-order valence-corrected chi connectivity index (χ3v) is 8.93. The molecule has 0 bridgehead atoms. The number of hydrogen-bond donors (Lipinski definition) is 3. The lowest BCUT2D eigenvalue weighted by Gasteiger charge is -2.20. The number of amides is 3. The van der Waals surface area contributed by atoms with Gasteiger partial charge in [0, 0.05) is 25.6 Å². The van der Waals surface area contributed by atoms with Crippen LogP contribution in [0.5, 0.6) is 0 Å². The van der Waals surface area contributed by atoms with Crippen LogP contribution in [0.25, 0.3) is 6.08 Å². The van der Waals surface area contributed by atoms with Gasteiger partial charge in [0.05, 0.1) is 11.3 Å². The lowest BCUT2D eigenvalue weighted by atomic mass is 10.1. The van der Waals surface area contributed by atoms with Crippen LogP contribution in [0, 0.1) is 0 Å². The van der Waals surface area contributed by atoms with Crippen molar-refractivity contribution in [2.45, 2.75) is 16.3 Å². The predicted molar refractivity (Wildman–Crippen MR) is 191 cm³/mol. The largest absolute Gasteiger partial charge is 0.418 e. The second-order valence-corrected chi connectivity index (χ2v) is 13.0. The smallest absolute Gasteiger partial charge is 0.324 e. The van der Waals surface area contributed by atoms with Crippen LogP contribution in [0.4, 0.5) is 24.5 Å². The maximum atomic E-state index is 13.7. The van der Waals surface area contributed by atoms with Crippen LogP contribution in [0.15, 0.2) is 142 Å². The minimum atomic E-state index is -4.74. The fraction of sp³-hybridized carbons (Fsp3) is 0.0541. The highest BCUT2D eigenvalue weighted by Gasteiger charge is 2.35. The molecule has 12 heteroatoms. The van der Waals surface area contributed by atoms with E-state index in [0.717, 1.165) is 28.4 Å². The van der Waals surface area contributed by atoms with Gasteiger partial charge in [0.15, 0.2) is 0 Å². The van der Waals surface area contributed by atoms with Crippen molar-refractivity contribution in [1.82, 2.24) is 5.32 Å². The Kier molecular flexibility index (Phi) is 11.6. The lowest BCUT2D eigenvalue weighted by Crippen LogP contribution is -2.30. The van der Waals surface area contributed by atoms with Gasteiger partial charge in [-0.15, -0.1) is 11.8 Å².